The molecular formula is C9H13N3O3. The molecule has 2 saturated heterocycles. The molecule has 0 aromatic carbocycles. The van der Waals surface area contributed by atoms with Crippen molar-refractivity contribution >= 4 is 17.7 Å². The number of imide groups is 1. The summed E-state index contributed by atoms with van der Waals surface area (Å²) in [5, 5.41) is 2.26. The maximum Gasteiger partial charge on any atom is 0.239 e. The highest BCUT2D eigenvalue weighted by Crippen LogP contribution is 2.28. The zero-order valence-electron chi connectivity index (χ0n) is 8.40. The Morgan fingerprint density at radius 3 is 2.27 bits per heavy atom. The monoisotopic (exact) mass is 211 g/mol. The molecule has 3 N–H and O–H groups in total. The highest BCUT2D eigenvalue weighted by atomic mass is 16.2. The van der Waals surface area contributed by atoms with Crippen LogP contribution in [0.1, 0.15) is 6.92 Å². The number of amides is 3. The van der Waals surface area contributed by atoms with E-state index in [-0.39, 0.29) is 29.6 Å². The van der Waals surface area contributed by atoms with E-state index >= 15 is 0 Å². The van der Waals surface area contributed by atoms with Gasteiger partial charge in [0.25, 0.3) is 0 Å². The Kier molecular flexibility index (Phi) is 2.22. The van der Waals surface area contributed by atoms with Crippen LogP contribution in [0, 0.1) is 11.8 Å². The second kappa shape index (κ2) is 3.30. The summed E-state index contributed by atoms with van der Waals surface area (Å²) < 4.78 is 0. The summed E-state index contributed by atoms with van der Waals surface area (Å²) >= 11 is 0. The first kappa shape index (κ1) is 10.1. The molecule has 2 aliphatic heterocycles. The third-order valence-electron chi connectivity index (χ3n) is 2.94. The smallest absolute Gasteiger partial charge is 0.239 e. The molecule has 6 heteroatoms. The Morgan fingerprint density at radius 1 is 1.40 bits per heavy atom. The van der Waals surface area contributed by atoms with Crippen molar-refractivity contribution in [3.63, 3.8) is 0 Å². The fourth-order valence-corrected chi connectivity index (χ4v) is 2.11. The van der Waals surface area contributed by atoms with Gasteiger partial charge in [-0.05, 0) is 6.92 Å². The fourth-order valence-electron chi connectivity index (χ4n) is 2.11. The van der Waals surface area contributed by atoms with Gasteiger partial charge in [-0.1, -0.05) is 0 Å². The SMILES string of the molecule is C[C@H](N)C(=O)N1C[C@@H]2C(=O)NC(=O)[C@@H]2C1. The van der Waals surface area contributed by atoms with Gasteiger partial charge in [-0.25, -0.2) is 0 Å². The number of rotatable bonds is 1. The van der Waals surface area contributed by atoms with Crippen LogP contribution in [-0.2, 0) is 14.4 Å². The average molecular weight is 211 g/mol. The molecule has 0 aromatic rings. The molecule has 0 saturated carbocycles. The lowest BCUT2D eigenvalue weighted by Gasteiger charge is -2.18. The number of fused-ring (bicyclic) bond motifs is 1. The highest BCUT2D eigenvalue weighted by molar-refractivity contribution is 6.06. The van der Waals surface area contributed by atoms with Crippen molar-refractivity contribution in [2.45, 2.75) is 13.0 Å². The predicted octanol–water partition coefficient (Wildman–Crippen LogP) is -1.94. The zero-order valence-corrected chi connectivity index (χ0v) is 8.40. The summed E-state index contributed by atoms with van der Waals surface area (Å²) in [5.74, 6) is -1.50. The number of nitrogens with two attached hydrogens (primary N) is 1. The van der Waals surface area contributed by atoms with Gasteiger partial charge in [-0.3, -0.25) is 19.7 Å². The Morgan fingerprint density at radius 2 is 1.87 bits per heavy atom. The topological polar surface area (TPSA) is 92.5 Å². The van der Waals surface area contributed by atoms with Gasteiger partial charge in [0.1, 0.15) is 0 Å². The van der Waals surface area contributed by atoms with E-state index in [2.05, 4.69) is 5.32 Å². The average Bonchev–Trinajstić information content (AvgIpc) is 2.68. The van der Waals surface area contributed by atoms with E-state index in [1.165, 1.54) is 4.90 Å². The summed E-state index contributed by atoms with van der Waals surface area (Å²) in [6.45, 7) is 2.21. The van der Waals surface area contributed by atoms with Crippen LogP contribution in [0.25, 0.3) is 0 Å². The van der Waals surface area contributed by atoms with Gasteiger partial charge in [0.2, 0.25) is 17.7 Å². The summed E-state index contributed by atoms with van der Waals surface area (Å²) in [4.78, 5) is 35.7. The normalized spacial score (nSPS) is 31.5. The van der Waals surface area contributed by atoms with Gasteiger partial charge in [0.15, 0.2) is 0 Å². The van der Waals surface area contributed by atoms with E-state index < -0.39 is 6.04 Å². The van der Waals surface area contributed by atoms with Crippen molar-refractivity contribution in [3.05, 3.63) is 0 Å². The van der Waals surface area contributed by atoms with Gasteiger partial charge in [-0.2, -0.15) is 0 Å². The number of likely N-dealkylation sites (tertiary alicyclic amines) is 1. The molecule has 0 aliphatic carbocycles. The second-order valence-electron chi connectivity index (χ2n) is 4.10. The van der Waals surface area contributed by atoms with Gasteiger partial charge >= 0.3 is 0 Å². The van der Waals surface area contributed by atoms with Crippen LogP contribution in [0.5, 0.6) is 0 Å². The van der Waals surface area contributed by atoms with Crippen LogP contribution in [0.2, 0.25) is 0 Å². The van der Waals surface area contributed by atoms with Gasteiger partial charge in [-0.15, -0.1) is 0 Å². The lowest BCUT2D eigenvalue weighted by molar-refractivity contribution is -0.132. The third kappa shape index (κ3) is 1.50. The molecule has 0 radical (unpaired) electrons. The maximum atomic E-state index is 11.5. The minimum Gasteiger partial charge on any atom is -0.340 e. The zero-order chi connectivity index (χ0) is 11.2. The lowest BCUT2D eigenvalue weighted by Crippen LogP contribution is -2.43. The lowest BCUT2D eigenvalue weighted by atomic mass is 10.00. The number of nitrogens with one attached hydrogen (secondary N) is 1. The molecule has 3 amide bonds. The molecule has 0 aromatic heterocycles. The van der Waals surface area contributed by atoms with Crippen LogP contribution in [0.3, 0.4) is 0 Å². The van der Waals surface area contributed by atoms with Crippen molar-refractivity contribution in [3.8, 4) is 0 Å². The molecule has 2 heterocycles. The molecule has 0 unspecified atom stereocenters. The van der Waals surface area contributed by atoms with Gasteiger partial charge in [0.05, 0.1) is 17.9 Å². The van der Waals surface area contributed by atoms with Crippen molar-refractivity contribution in [2.24, 2.45) is 17.6 Å². The van der Waals surface area contributed by atoms with E-state index in [0.717, 1.165) is 0 Å². The first-order valence-corrected chi connectivity index (χ1v) is 4.89. The summed E-state index contributed by atoms with van der Waals surface area (Å²) in [7, 11) is 0. The van der Waals surface area contributed by atoms with E-state index in [9.17, 15) is 14.4 Å². The van der Waals surface area contributed by atoms with Gasteiger partial charge in [0, 0.05) is 13.1 Å². The maximum absolute atomic E-state index is 11.5. The molecule has 0 spiro atoms. The minimum atomic E-state index is -0.581. The minimum absolute atomic E-state index is 0.204. The molecule has 0 bridgehead atoms. The third-order valence-corrected chi connectivity index (χ3v) is 2.94. The first-order chi connectivity index (χ1) is 7.00. The standard InChI is InChI=1S/C9H13N3O3/c1-4(10)9(15)12-2-5-6(3-12)8(14)11-7(5)13/h4-6H,2-3,10H2,1H3,(H,11,13,14)/t4-,5-,6+/m0/s1. The number of hydrogen-bond donors (Lipinski definition) is 2. The molecular weight excluding hydrogens is 198 g/mol. The van der Waals surface area contributed by atoms with Crippen molar-refractivity contribution < 1.29 is 14.4 Å². The Bertz CT molecular complexity index is 317. The molecule has 2 rings (SSSR count). The highest BCUT2D eigenvalue weighted by Gasteiger charge is 2.49. The fraction of sp³-hybridized carbons (Fsp3) is 0.667. The summed E-state index contributed by atoms with van der Waals surface area (Å²) in [6, 6.07) is -0.581. The Balaban J connectivity index is 2.10. The molecule has 2 fully saturated rings. The van der Waals surface area contributed by atoms with Crippen molar-refractivity contribution in [1.29, 1.82) is 0 Å². The summed E-state index contributed by atoms with van der Waals surface area (Å²) in [5.41, 5.74) is 5.46. The van der Waals surface area contributed by atoms with E-state index in [1.54, 1.807) is 6.92 Å². The van der Waals surface area contributed by atoms with Crippen LogP contribution in [0.15, 0.2) is 0 Å². The Hall–Kier alpha value is -1.43. The molecule has 3 atom stereocenters. The predicted molar refractivity (Wildman–Crippen MR) is 50.4 cm³/mol. The Labute approximate surface area is 86.8 Å². The first-order valence-electron chi connectivity index (χ1n) is 4.89. The molecule has 2 aliphatic rings. The van der Waals surface area contributed by atoms with E-state index in [0.29, 0.717) is 13.1 Å². The summed E-state index contributed by atoms with van der Waals surface area (Å²) in [6.07, 6.45) is 0. The van der Waals surface area contributed by atoms with Crippen molar-refractivity contribution in [2.75, 3.05) is 13.1 Å². The largest absolute Gasteiger partial charge is 0.340 e. The van der Waals surface area contributed by atoms with Crippen LogP contribution in [-0.4, -0.2) is 41.8 Å². The second-order valence-corrected chi connectivity index (χ2v) is 4.10. The quantitative estimate of drug-likeness (QED) is 0.494. The van der Waals surface area contributed by atoms with Gasteiger partial charge < -0.3 is 10.6 Å². The molecule has 6 nitrogen and oxygen atoms in total. The van der Waals surface area contributed by atoms with Crippen LogP contribution >= 0.6 is 0 Å². The van der Waals surface area contributed by atoms with Crippen LogP contribution in [0.4, 0.5) is 0 Å². The van der Waals surface area contributed by atoms with Crippen molar-refractivity contribution in [1.82, 2.24) is 10.2 Å². The number of carbonyl (C=O) groups is 3. The number of nitrogens with zero attached hydrogens (tertiary/aromatic N) is 1. The number of carbonyl (C=O) groups excluding carboxylic acids is 3. The molecule has 15 heavy (non-hydrogen) atoms. The number of hydrogen-bond acceptors (Lipinski definition) is 4. The molecule has 82 valence electrons. The van der Waals surface area contributed by atoms with E-state index in [1.807, 2.05) is 0 Å². The van der Waals surface area contributed by atoms with Crippen LogP contribution < -0.4 is 11.1 Å². The van der Waals surface area contributed by atoms with E-state index in [4.69, 9.17) is 5.73 Å².